The molecule has 1 unspecified atom stereocenters. The molecule has 2 N–H and O–H groups in total. The van der Waals surface area contributed by atoms with Crippen molar-refractivity contribution < 1.29 is 21.9 Å². The predicted octanol–water partition coefficient (Wildman–Crippen LogP) is 3.05. The molecule has 1 aromatic heterocycles. The quantitative estimate of drug-likeness (QED) is 0.534. The molecule has 1 atom stereocenters. The van der Waals surface area contributed by atoms with Crippen LogP contribution in [0.5, 0.6) is 0 Å². The van der Waals surface area contributed by atoms with Gasteiger partial charge in [-0.05, 0) is 47.9 Å². The van der Waals surface area contributed by atoms with Gasteiger partial charge >= 0.3 is 0 Å². The molecule has 0 saturated carbocycles. The normalized spacial score (nSPS) is 13.3. The fraction of sp³-hybridized carbons (Fsp3) is 0.227. The van der Waals surface area contributed by atoms with Gasteiger partial charge in [0.2, 0.25) is 19.9 Å². The van der Waals surface area contributed by atoms with Gasteiger partial charge in [0.25, 0.3) is 0 Å². The molecule has 0 aliphatic rings. The highest BCUT2D eigenvalue weighted by Crippen LogP contribution is 2.29. The van der Waals surface area contributed by atoms with Crippen LogP contribution in [-0.2, 0) is 19.9 Å². The second-order valence-electron chi connectivity index (χ2n) is 7.29. The lowest BCUT2D eigenvalue weighted by Gasteiger charge is -2.17. The molecule has 0 aliphatic carbocycles. The smallest absolute Gasteiger partial charge is 0.240 e. The molecule has 1 heterocycles. The topological polar surface area (TPSA) is 113 Å². The molecular weight excluding hydrogens is 436 g/mol. The zero-order chi connectivity index (χ0) is 22.6. The van der Waals surface area contributed by atoms with Crippen LogP contribution in [-0.4, -0.2) is 33.5 Å². The summed E-state index contributed by atoms with van der Waals surface area (Å²) in [7, 11) is -8.00. The maximum absolute atomic E-state index is 13.1. The largest absolute Gasteiger partial charge is 0.385 e. The fourth-order valence-corrected chi connectivity index (χ4v) is 5.88. The molecule has 0 bridgehead atoms. The second kappa shape index (κ2) is 9.27. The minimum absolute atomic E-state index is 0.0779. The number of aromatic nitrogens is 1. The Kier molecular flexibility index (Phi) is 6.90. The van der Waals surface area contributed by atoms with Crippen LogP contribution < -0.4 is 4.72 Å². The van der Waals surface area contributed by atoms with Crippen molar-refractivity contribution in [2.45, 2.75) is 40.6 Å². The van der Waals surface area contributed by atoms with Crippen molar-refractivity contribution in [3.63, 3.8) is 0 Å². The van der Waals surface area contributed by atoms with Crippen molar-refractivity contribution >= 4 is 19.9 Å². The number of sulfone groups is 1. The molecule has 3 rings (SSSR count). The van der Waals surface area contributed by atoms with Gasteiger partial charge in [-0.2, -0.15) is 0 Å². The Morgan fingerprint density at radius 1 is 0.903 bits per heavy atom. The number of nitrogens with one attached hydrogen (secondary N) is 1. The minimum Gasteiger partial charge on any atom is -0.385 e. The van der Waals surface area contributed by atoms with E-state index < -0.39 is 26.0 Å². The molecule has 0 saturated heterocycles. The summed E-state index contributed by atoms with van der Waals surface area (Å²) < 4.78 is 54.5. The summed E-state index contributed by atoms with van der Waals surface area (Å²) >= 11 is 0. The van der Waals surface area contributed by atoms with E-state index in [4.69, 9.17) is 0 Å². The monoisotopic (exact) mass is 460 g/mol. The van der Waals surface area contributed by atoms with Gasteiger partial charge in [-0.1, -0.05) is 44.2 Å². The number of aliphatic hydroxyl groups is 1. The summed E-state index contributed by atoms with van der Waals surface area (Å²) in [6.07, 6.45) is 0.358. The lowest BCUT2D eigenvalue weighted by atomic mass is 10.0. The summed E-state index contributed by atoms with van der Waals surface area (Å²) in [6.45, 7) is 3.34. The second-order valence-corrected chi connectivity index (χ2v) is 11.0. The summed E-state index contributed by atoms with van der Waals surface area (Å²) in [5, 5.41) is 10.3. The Bertz CT molecular complexity index is 1240. The lowest BCUT2D eigenvalue weighted by molar-refractivity contribution is 0.177. The third-order valence-corrected chi connectivity index (χ3v) is 8.00. The molecule has 164 valence electrons. The number of nitrogens with zero attached hydrogens (tertiary/aromatic N) is 1. The first-order chi connectivity index (χ1) is 14.6. The number of pyridine rings is 1. The van der Waals surface area contributed by atoms with Crippen LogP contribution in [0, 0.1) is 0 Å². The zero-order valence-electron chi connectivity index (χ0n) is 17.1. The molecule has 0 fully saturated rings. The maximum atomic E-state index is 13.1. The van der Waals surface area contributed by atoms with Gasteiger partial charge in [0.05, 0.1) is 20.4 Å². The predicted molar refractivity (Wildman–Crippen MR) is 117 cm³/mol. The minimum atomic E-state index is -4.11. The Labute approximate surface area is 182 Å². The maximum Gasteiger partial charge on any atom is 0.240 e. The van der Waals surface area contributed by atoms with E-state index in [1.807, 2.05) is 13.8 Å². The van der Waals surface area contributed by atoms with Crippen LogP contribution in [0.3, 0.4) is 0 Å². The molecule has 31 heavy (non-hydrogen) atoms. The number of sulfonamides is 1. The molecule has 0 amide bonds. The van der Waals surface area contributed by atoms with E-state index in [0.717, 1.165) is 0 Å². The first kappa shape index (κ1) is 23.1. The van der Waals surface area contributed by atoms with Crippen molar-refractivity contribution in [3.05, 3.63) is 84.2 Å². The summed E-state index contributed by atoms with van der Waals surface area (Å²) in [5.41, 5.74) is 0.807. The van der Waals surface area contributed by atoms with Crippen LogP contribution in [0.15, 0.2) is 87.6 Å². The summed E-state index contributed by atoms with van der Waals surface area (Å²) in [5.74, 6) is -0.166. The van der Waals surface area contributed by atoms with E-state index in [1.165, 1.54) is 36.5 Å². The van der Waals surface area contributed by atoms with Crippen molar-refractivity contribution in [2.75, 3.05) is 6.54 Å². The highest BCUT2D eigenvalue weighted by molar-refractivity contribution is 7.91. The average molecular weight is 461 g/mol. The highest BCUT2D eigenvalue weighted by atomic mass is 32.2. The van der Waals surface area contributed by atoms with E-state index in [2.05, 4.69) is 9.71 Å². The van der Waals surface area contributed by atoms with Crippen molar-refractivity contribution in [2.24, 2.45) is 0 Å². The van der Waals surface area contributed by atoms with E-state index in [0.29, 0.717) is 11.3 Å². The molecule has 9 heteroatoms. The van der Waals surface area contributed by atoms with Crippen LogP contribution in [0.25, 0.3) is 0 Å². The fourth-order valence-electron chi connectivity index (χ4n) is 3.07. The Morgan fingerprint density at radius 3 is 2.19 bits per heavy atom. The van der Waals surface area contributed by atoms with E-state index in [9.17, 15) is 21.9 Å². The van der Waals surface area contributed by atoms with Crippen molar-refractivity contribution in [1.82, 2.24) is 9.71 Å². The third-order valence-electron chi connectivity index (χ3n) is 4.76. The van der Waals surface area contributed by atoms with Gasteiger partial charge in [-0.15, -0.1) is 0 Å². The van der Waals surface area contributed by atoms with Crippen LogP contribution in [0.1, 0.15) is 37.1 Å². The molecule has 0 radical (unpaired) electrons. The van der Waals surface area contributed by atoms with E-state index in [-0.39, 0.29) is 27.1 Å². The van der Waals surface area contributed by atoms with Crippen LogP contribution >= 0.6 is 0 Å². The van der Waals surface area contributed by atoms with Crippen LogP contribution in [0.2, 0.25) is 0 Å². The number of rotatable bonds is 8. The SMILES string of the molecule is CC(C)c1ccc(S(=O)(=O)c2ccccc2)cc1S(=O)(=O)NCC(O)c1ccccn1. The summed E-state index contributed by atoms with van der Waals surface area (Å²) in [6, 6.07) is 16.9. The first-order valence-corrected chi connectivity index (χ1v) is 12.6. The van der Waals surface area contributed by atoms with Gasteiger partial charge in [-0.25, -0.2) is 21.6 Å². The molecule has 3 aromatic rings. The van der Waals surface area contributed by atoms with Gasteiger partial charge in [-0.3, -0.25) is 4.98 Å². The van der Waals surface area contributed by atoms with Gasteiger partial charge in [0.15, 0.2) is 0 Å². The summed E-state index contributed by atoms with van der Waals surface area (Å²) in [4.78, 5) is 3.84. The van der Waals surface area contributed by atoms with Gasteiger partial charge in [0, 0.05) is 12.7 Å². The number of benzene rings is 2. The number of hydrogen-bond acceptors (Lipinski definition) is 6. The average Bonchev–Trinajstić information content (AvgIpc) is 2.78. The van der Waals surface area contributed by atoms with E-state index >= 15 is 0 Å². The molecule has 0 aliphatic heterocycles. The number of aliphatic hydroxyl groups excluding tert-OH is 1. The van der Waals surface area contributed by atoms with Crippen LogP contribution in [0.4, 0.5) is 0 Å². The molecule has 2 aromatic carbocycles. The Balaban J connectivity index is 1.97. The zero-order valence-corrected chi connectivity index (χ0v) is 18.8. The lowest BCUT2D eigenvalue weighted by Crippen LogP contribution is -2.30. The van der Waals surface area contributed by atoms with Crippen molar-refractivity contribution in [1.29, 1.82) is 0 Å². The van der Waals surface area contributed by atoms with Gasteiger partial charge in [0.1, 0.15) is 6.10 Å². The third kappa shape index (κ3) is 5.19. The van der Waals surface area contributed by atoms with Gasteiger partial charge < -0.3 is 5.11 Å². The Morgan fingerprint density at radius 2 is 1.58 bits per heavy atom. The highest BCUT2D eigenvalue weighted by Gasteiger charge is 2.26. The molecule has 7 nitrogen and oxygen atoms in total. The standard InChI is InChI=1S/C22H24N2O5S2/c1-16(2)19-12-11-18(30(26,27)17-8-4-3-5-9-17)14-22(19)31(28,29)24-15-21(25)20-10-6-7-13-23-20/h3-14,16,21,24-25H,15H2,1-2H3. The Hall–Kier alpha value is -2.59. The molecule has 0 spiro atoms. The van der Waals surface area contributed by atoms with E-state index in [1.54, 1.807) is 36.4 Å². The first-order valence-electron chi connectivity index (χ1n) is 9.65. The van der Waals surface area contributed by atoms with Crippen molar-refractivity contribution in [3.8, 4) is 0 Å². The number of hydrogen-bond donors (Lipinski definition) is 2. The molecular formula is C22H24N2O5S2.